The average Bonchev–Trinajstić information content (AvgIpc) is 3.06. The molecule has 0 radical (unpaired) electrons. The van der Waals surface area contributed by atoms with E-state index in [4.69, 9.17) is 0 Å². The van der Waals surface area contributed by atoms with Crippen LogP contribution in [0.2, 0.25) is 0 Å². The van der Waals surface area contributed by atoms with E-state index in [9.17, 15) is 5.11 Å². The Labute approximate surface area is 186 Å². The van der Waals surface area contributed by atoms with Gasteiger partial charge in [-0.1, -0.05) is 64.8 Å². The maximum atomic E-state index is 10.5. The molecule has 1 N–H and O–H groups in total. The highest BCUT2D eigenvalue weighted by Gasteiger charge is 2.56. The zero-order chi connectivity index (χ0) is 21.8. The summed E-state index contributed by atoms with van der Waals surface area (Å²) in [5.41, 5.74) is 6.08. The lowest BCUT2D eigenvalue weighted by Gasteiger charge is -2.56. The molecule has 0 amide bonds. The third-order valence-electron chi connectivity index (χ3n) is 11.0. The highest BCUT2D eigenvalue weighted by atomic mass is 16.3. The van der Waals surface area contributed by atoms with Gasteiger partial charge >= 0.3 is 0 Å². The second kappa shape index (κ2) is 8.09. The zero-order valence-corrected chi connectivity index (χ0v) is 20.8. The topological polar surface area (TPSA) is 20.2 Å². The first-order chi connectivity index (χ1) is 14.1. The molecule has 0 aromatic heterocycles. The summed E-state index contributed by atoms with van der Waals surface area (Å²) in [5, 5.41) is 10.5. The second-order valence-corrected chi connectivity index (χ2v) is 12.6. The van der Waals surface area contributed by atoms with Crippen LogP contribution < -0.4 is 0 Å². The minimum atomic E-state index is -0.0728. The maximum absolute atomic E-state index is 10.5. The Morgan fingerprint density at radius 1 is 1.07 bits per heavy atom. The van der Waals surface area contributed by atoms with Crippen LogP contribution in [0.4, 0.5) is 0 Å². The summed E-state index contributed by atoms with van der Waals surface area (Å²) in [5.74, 6) is 4.32. The van der Waals surface area contributed by atoms with Crippen molar-refractivity contribution in [2.24, 2.45) is 46.3 Å². The van der Waals surface area contributed by atoms with Gasteiger partial charge in [0.25, 0.3) is 0 Å². The van der Waals surface area contributed by atoms with Crippen molar-refractivity contribution in [3.63, 3.8) is 0 Å². The van der Waals surface area contributed by atoms with Crippen LogP contribution in [-0.4, -0.2) is 11.2 Å². The van der Waals surface area contributed by atoms with Crippen molar-refractivity contribution in [1.82, 2.24) is 0 Å². The van der Waals surface area contributed by atoms with Crippen LogP contribution in [0.15, 0.2) is 23.3 Å². The average molecular weight is 413 g/mol. The van der Waals surface area contributed by atoms with Crippen LogP contribution in [0.1, 0.15) is 106 Å². The molecular weight excluding hydrogens is 364 g/mol. The molecule has 3 unspecified atom stereocenters. The van der Waals surface area contributed by atoms with Gasteiger partial charge < -0.3 is 5.11 Å². The number of hydrogen-bond acceptors (Lipinski definition) is 1. The van der Waals surface area contributed by atoms with Gasteiger partial charge in [-0.15, -0.1) is 0 Å². The van der Waals surface area contributed by atoms with Crippen molar-refractivity contribution < 1.29 is 5.11 Å². The normalized spacial score (nSPS) is 44.5. The largest absolute Gasteiger partial charge is 0.393 e. The number of aliphatic hydroxyl groups is 1. The predicted molar refractivity (Wildman–Crippen MR) is 128 cm³/mol. The van der Waals surface area contributed by atoms with E-state index in [1.54, 1.807) is 0 Å². The Balaban J connectivity index is 1.54. The molecule has 1 nitrogen and oxygen atoms in total. The summed E-state index contributed by atoms with van der Waals surface area (Å²) in [7, 11) is 0. The van der Waals surface area contributed by atoms with Gasteiger partial charge in [0, 0.05) is 0 Å². The molecule has 0 heterocycles. The molecule has 4 aliphatic carbocycles. The quantitative estimate of drug-likeness (QED) is 0.454. The van der Waals surface area contributed by atoms with E-state index in [0.29, 0.717) is 28.6 Å². The fraction of sp³-hybridized carbons (Fsp3) is 0.862. The lowest BCUT2D eigenvalue weighted by atomic mass is 9.49. The highest BCUT2D eigenvalue weighted by molar-refractivity contribution is 5.34. The summed E-state index contributed by atoms with van der Waals surface area (Å²) >= 11 is 0. The molecule has 0 saturated heterocycles. The SMILES string of the molecule is C=C(CC[C@@H](C)C1CCC2C3=C(CC[C@@]21C)[C@@]1(C)CC[C@H](O)[C@@H](C)C1CC3)C(C)C. The van der Waals surface area contributed by atoms with Crippen molar-refractivity contribution in [3.05, 3.63) is 23.3 Å². The lowest BCUT2D eigenvalue weighted by molar-refractivity contribution is -0.0336. The third kappa shape index (κ3) is 3.46. The number of allylic oxidation sites excluding steroid dienone is 3. The molecule has 2 saturated carbocycles. The van der Waals surface area contributed by atoms with Crippen LogP contribution in [0.5, 0.6) is 0 Å². The molecule has 0 spiro atoms. The highest BCUT2D eigenvalue weighted by Crippen LogP contribution is 2.66. The number of hydrogen-bond donors (Lipinski definition) is 1. The van der Waals surface area contributed by atoms with E-state index in [2.05, 4.69) is 48.1 Å². The van der Waals surface area contributed by atoms with Crippen molar-refractivity contribution in [1.29, 1.82) is 0 Å². The molecular formula is C29H48O. The molecule has 2 fully saturated rings. The first kappa shape index (κ1) is 22.6. The van der Waals surface area contributed by atoms with Gasteiger partial charge in [-0.3, -0.25) is 0 Å². The second-order valence-electron chi connectivity index (χ2n) is 12.6. The van der Waals surface area contributed by atoms with E-state index >= 15 is 0 Å². The predicted octanol–water partition coefficient (Wildman–Crippen LogP) is 7.94. The van der Waals surface area contributed by atoms with Gasteiger partial charge in [-0.05, 0) is 111 Å². The first-order valence-corrected chi connectivity index (χ1v) is 13.2. The number of aliphatic hydroxyl groups excluding tert-OH is 1. The molecule has 0 aromatic carbocycles. The summed E-state index contributed by atoms with van der Waals surface area (Å²) < 4.78 is 0. The van der Waals surface area contributed by atoms with E-state index in [0.717, 1.165) is 24.2 Å². The molecule has 30 heavy (non-hydrogen) atoms. The van der Waals surface area contributed by atoms with Gasteiger partial charge in [-0.25, -0.2) is 0 Å². The molecule has 4 rings (SSSR count). The van der Waals surface area contributed by atoms with Gasteiger partial charge in [0.2, 0.25) is 0 Å². The van der Waals surface area contributed by atoms with Gasteiger partial charge in [0.05, 0.1) is 6.10 Å². The minimum absolute atomic E-state index is 0.0728. The molecule has 8 atom stereocenters. The van der Waals surface area contributed by atoms with Crippen molar-refractivity contribution in [2.45, 2.75) is 112 Å². The first-order valence-electron chi connectivity index (χ1n) is 13.2. The van der Waals surface area contributed by atoms with Crippen LogP contribution in [0.25, 0.3) is 0 Å². The van der Waals surface area contributed by atoms with Crippen molar-refractivity contribution >= 4 is 0 Å². The van der Waals surface area contributed by atoms with Gasteiger partial charge in [-0.2, -0.15) is 0 Å². The van der Waals surface area contributed by atoms with E-state index in [1.165, 1.54) is 63.4 Å². The maximum Gasteiger partial charge on any atom is 0.0569 e. The van der Waals surface area contributed by atoms with Crippen molar-refractivity contribution in [2.75, 3.05) is 0 Å². The Bertz CT molecular complexity index is 701. The lowest BCUT2D eigenvalue weighted by Crippen LogP contribution is -2.49. The number of rotatable bonds is 5. The van der Waals surface area contributed by atoms with Crippen LogP contribution in [-0.2, 0) is 0 Å². The smallest absolute Gasteiger partial charge is 0.0569 e. The van der Waals surface area contributed by atoms with Crippen LogP contribution >= 0.6 is 0 Å². The van der Waals surface area contributed by atoms with E-state index < -0.39 is 0 Å². The van der Waals surface area contributed by atoms with Crippen molar-refractivity contribution in [3.8, 4) is 0 Å². The van der Waals surface area contributed by atoms with Gasteiger partial charge in [0.1, 0.15) is 0 Å². The molecule has 1 heteroatoms. The molecule has 4 aliphatic rings. The standard InChI is InChI=1S/C29H48O/c1-18(2)19(3)8-9-20(4)23-12-13-25-22-10-11-24-21(5)27(30)15-17-29(24,7)26(22)14-16-28(23,25)6/h18,20-21,23-25,27,30H,3,8-17H2,1-2,4-7H3/t20-,21+,23?,24?,25?,27+,28-,29+/m1/s1. The Kier molecular flexibility index (Phi) is 6.10. The summed E-state index contributed by atoms with van der Waals surface area (Å²) in [6, 6.07) is 0. The van der Waals surface area contributed by atoms with E-state index in [1.807, 2.05) is 11.1 Å². The summed E-state index contributed by atoms with van der Waals surface area (Å²) in [4.78, 5) is 0. The van der Waals surface area contributed by atoms with Gasteiger partial charge in [0.15, 0.2) is 0 Å². The summed E-state index contributed by atoms with van der Waals surface area (Å²) in [6.07, 6.45) is 12.9. The number of fused-ring (bicyclic) bond motifs is 4. The van der Waals surface area contributed by atoms with Crippen LogP contribution in [0.3, 0.4) is 0 Å². The fourth-order valence-electron chi connectivity index (χ4n) is 8.79. The Morgan fingerprint density at radius 3 is 2.50 bits per heavy atom. The Morgan fingerprint density at radius 2 is 1.80 bits per heavy atom. The third-order valence-corrected chi connectivity index (χ3v) is 11.0. The molecule has 0 aliphatic heterocycles. The fourth-order valence-corrected chi connectivity index (χ4v) is 8.79. The van der Waals surface area contributed by atoms with E-state index in [-0.39, 0.29) is 6.10 Å². The monoisotopic (exact) mass is 412 g/mol. The summed E-state index contributed by atoms with van der Waals surface area (Å²) in [6.45, 7) is 19.0. The molecule has 170 valence electrons. The zero-order valence-electron chi connectivity index (χ0n) is 20.8. The molecule has 0 bridgehead atoms. The molecule has 0 aromatic rings. The van der Waals surface area contributed by atoms with Crippen LogP contribution in [0, 0.1) is 46.3 Å². The minimum Gasteiger partial charge on any atom is -0.393 e. The Hall–Kier alpha value is -0.560.